The molecule has 0 spiro atoms. The van der Waals surface area contributed by atoms with E-state index in [1.54, 1.807) is 19.1 Å². The lowest BCUT2D eigenvalue weighted by Gasteiger charge is -2.24. The summed E-state index contributed by atoms with van der Waals surface area (Å²) in [5.41, 5.74) is -0.547. The fourth-order valence-corrected chi connectivity index (χ4v) is 3.12. The van der Waals surface area contributed by atoms with E-state index in [0.717, 1.165) is 18.1 Å². The fraction of sp³-hybridized carbons (Fsp3) is 0.800. The highest BCUT2D eigenvalue weighted by Crippen LogP contribution is 2.17. The number of guanidine groups is 1. The maximum Gasteiger partial charge on any atom is 0.410 e. The summed E-state index contributed by atoms with van der Waals surface area (Å²) in [5.74, 6) is 2.21. The molecule has 0 bridgehead atoms. The first-order chi connectivity index (χ1) is 14.6. The maximum absolute atomic E-state index is 12.5. The van der Waals surface area contributed by atoms with Crippen molar-refractivity contribution >= 4 is 36.0 Å². The van der Waals surface area contributed by atoms with Gasteiger partial charge in [-0.25, -0.2) is 9.79 Å². The summed E-state index contributed by atoms with van der Waals surface area (Å²) in [4.78, 5) is 18.8. The van der Waals surface area contributed by atoms with Crippen molar-refractivity contribution in [2.24, 2.45) is 12.0 Å². The van der Waals surface area contributed by atoms with E-state index >= 15 is 0 Å². The van der Waals surface area contributed by atoms with E-state index in [1.165, 1.54) is 0 Å². The van der Waals surface area contributed by atoms with Gasteiger partial charge in [-0.15, -0.1) is 34.2 Å². The number of carbonyl (C=O) groups is 1. The van der Waals surface area contributed by atoms with E-state index < -0.39 is 5.60 Å². The van der Waals surface area contributed by atoms with Crippen LogP contribution in [0.3, 0.4) is 0 Å². The zero-order chi connectivity index (χ0) is 23.0. The van der Waals surface area contributed by atoms with Gasteiger partial charge in [0, 0.05) is 41.0 Å². The smallest absolute Gasteiger partial charge is 0.410 e. The first-order valence-corrected chi connectivity index (χ1v) is 10.5. The van der Waals surface area contributed by atoms with Crippen molar-refractivity contribution < 1.29 is 19.0 Å². The number of nitrogens with zero attached hydrogens (tertiary/aromatic N) is 5. The summed E-state index contributed by atoms with van der Waals surface area (Å²) in [7, 11) is 5.23. The lowest BCUT2D eigenvalue weighted by molar-refractivity contribution is 0.0252. The first-order valence-electron chi connectivity index (χ1n) is 10.5. The number of methoxy groups -OCH3 is 2. The molecule has 11 nitrogen and oxygen atoms in total. The number of aromatic nitrogens is 3. The average Bonchev–Trinajstić information content (AvgIpc) is 3.25. The molecule has 2 rings (SSSR count). The zero-order valence-corrected chi connectivity index (χ0v) is 22.5. The SMILES string of the molecule is COCCCNC(=NCc1nnc(C)n1C)NC1CN(C(=O)OC(C)(C)C)C[C@@H]1OC.I. The molecule has 1 aromatic heterocycles. The van der Waals surface area contributed by atoms with Crippen molar-refractivity contribution in [3.8, 4) is 0 Å². The number of hydrogen-bond acceptors (Lipinski definition) is 7. The molecule has 0 aliphatic carbocycles. The minimum atomic E-state index is -0.547. The van der Waals surface area contributed by atoms with Crippen LogP contribution in [0.2, 0.25) is 0 Å². The van der Waals surface area contributed by atoms with E-state index in [9.17, 15) is 4.79 Å². The second kappa shape index (κ2) is 13.1. The average molecular weight is 567 g/mol. The van der Waals surface area contributed by atoms with Gasteiger partial charge in [0.25, 0.3) is 0 Å². The molecule has 0 radical (unpaired) electrons. The lowest BCUT2D eigenvalue weighted by Crippen LogP contribution is -2.49. The Kier molecular flexibility index (Phi) is 11.6. The Morgan fingerprint density at radius 2 is 1.97 bits per heavy atom. The second-order valence-electron chi connectivity index (χ2n) is 8.57. The van der Waals surface area contributed by atoms with Gasteiger partial charge >= 0.3 is 6.09 Å². The van der Waals surface area contributed by atoms with E-state index in [1.807, 2.05) is 39.3 Å². The molecule has 32 heavy (non-hydrogen) atoms. The Balaban J connectivity index is 0.00000512. The normalized spacial score (nSPS) is 19.0. The number of hydrogen-bond donors (Lipinski definition) is 2. The fourth-order valence-electron chi connectivity index (χ4n) is 3.12. The van der Waals surface area contributed by atoms with Crippen LogP contribution < -0.4 is 10.6 Å². The summed E-state index contributed by atoms with van der Waals surface area (Å²) in [5, 5.41) is 15.0. The number of likely N-dealkylation sites (tertiary alicyclic amines) is 1. The van der Waals surface area contributed by atoms with E-state index in [4.69, 9.17) is 14.2 Å². The number of rotatable bonds is 8. The number of aryl methyl sites for hydroxylation is 1. The molecule has 1 aliphatic rings. The Morgan fingerprint density at radius 1 is 1.25 bits per heavy atom. The topological polar surface area (TPSA) is 115 Å². The van der Waals surface area contributed by atoms with Crippen molar-refractivity contribution in [3.05, 3.63) is 11.6 Å². The van der Waals surface area contributed by atoms with Gasteiger partial charge in [-0.05, 0) is 34.1 Å². The van der Waals surface area contributed by atoms with Crippen LogP contribution in [0.15, 0.2) is 4.99 Å². The number of carbonyl (C=O) groups excluding carboxylic acids is 1. The number of aliphatic imine (C=N–C) groups is 1. The molecule has 0 saturated carbocycles. The minimum absolute atomic E-state index is 0. The molecule has 184 valence electrons. The Bertz CT molecular complexity index is 751. The quantitative estimate of drug-likeness (QED) is 0.210. The summed E-state index contributed by atoms with van der Waals surface area (Å²) < 4.78 is 18.2. The molecule has 2 N–H and O–H groups in total. The Labute approximate surface area is 207 Å². The Hall–Kier alpha value is -1.67. The molecule has 12 heteroatoms. The molecule has 1 unspecified atom stereocenters. The lowest BCUT2D eigenvalue weighted by atomic mass is 10.2. The minimum Gasteiger partial charge on any atom is -0.444 e. The van der Waals surface area contributed by atoms with Gasteiger partial charge in [-0.1, -0.05) is 0 Å². The van der Waals surface area contributed by atoms with Crippen LogP contribution in [0.1, 0.15) is 38.8 Å². The molecule has 0 aromatic carbocycles. The predicted molar refractivity (Wildman–Crippen MR) is 132 cm³/mol. The van der Waals surface area contributed by atoms with Crippen LogP contribution in [0, 0.1) is 6.92 Å². The highest BCUT2D eigenvalue weighted by Gasteiger charge is 2.37. The van der Waals surface area contributed by atoms with Gasteiger partial charge in [-0.3, -0.25) is 0 Å². The molecule has 1 aliphatic heterocycles. The van der Waals surface area contributed by atoms with Crippen LogP contribution in [-0.4, -0.2) is 89.9 Å². The van der Waals surface area contributed by atoms with Gasteiger partial charge in [0.15, 0.2) is 11.8 Å². The third-order valence-electron chi connectivity index (χ3n) is 4.92. The molecule has 1 saturated heterocycles. The summed E-state index contributed by atoms with van der Waals surface area (Å²) in [6.45, 7) is 10.1. The van der Waals surface area contributed by atoms with E-state index in [0.29, 0.717) is 38.7 Å². The van der Waals surface area contributed by atoms with Gasteiger partial charge in [0.05, 0.1) is 18.7 Å². The summed E-state index contributed by atoms with van der Waals surface area (Å²) in [6, 6.07) is -0.132. The standard InChI is InChI=1S/C20H37N7O4.HI/c1-14-24-25-17(26(14)5)11-22-18(21-9-8-10-29-6)23-15-12-27(13-16(15)30-7)19(28)31-20(2,3)4;/h15-16H,8-13H2,1-7H3,(H2,21,22,23);1H/t15?,16-;/m0./s1. The Morgan fingerprint density at radius 3 is 2.53 bits per heavy atom. The molecule has 2 heterocycles. The van der Waals surface area contributed by atoms with Crippen LogP contribution in [0.4, 0.5) is 4.79 Å². The van der Waals surface area contributed by atoms with Gasteiger partial charge in [0.2, 0.25) is 0 Å². The molecule has 1 amide bonds. The number of amides is 1. The summed E-state index contributed by atoms with van der Waals surface area (Å²) >= 11 is 0. The van der Waals surface area contributed by atoms with Gasteiger partial charge in [-0.2, -0.15) is 0 Å². The van der Waals surface area contributed by atoms with Crippen LogP contribution in [0.5, 0.6) is 0 Å². The third-order valence-corrected chi connectivity index (χ3v) is 4.92. The van der Waals surface area contributed by atoms with Crippen molar-refractivity contribution in [2.75, 3.05) is 40.5 Å². The van der Waals surface area contributed by atoms with Crippen LogP contribution in [0.25, 0.3) is 0 Å². The summed E-state index contributed by atoms with van der Waals surface area (Å²) in [6.07, 6.45) is 0.304. The van der Waals surface area contributed by atoms with Crippen molar-refractivity contribution in [3.63, 3.8) is 0 Å². The molecule has 1 aromatic rings. The third kappa shape index (κ3) is 8.70. The van der Waals surface area contributed by atoms with Gasteiger partial charge < -0.3 is 34.3 Å². The number of halogens is 1. The maximum atomic E-state index is 12.5. The van der Waals surface area contributed by atoms with Gasteiger partial charge in [0.1, 0.15) is 18.0 Å². The van der Waals surface area contributed by atoms with E-state index in [2.05, 4.69) is 25.8 Å². The molecule has 1 fully saturated rings. The van der Waals surface area contributed by atoms with Crippen molar-refractivity contribution in [1.82, 2.24) is 30.3 Å². The monoisotopic (exact) mass is 567 g/mol. The largest absolute Gasteiger partial charge is 0.444 e. The van der Waals surface area contributed by atoms with Crippen molar-refractivity contribution in [2.45, 2.75) is 58.4 Å². The molecule has 2 atom stereocenters. The predicted octanol–water partition coefficient (Wildman–Crippen LogP) is 1.45. The van der Waals surface area contributed by atoms with Crippen molar-refractivity contribution in [1.29, 1.82) is 0 Å². The first kappa shape index (κ1) is 28.4. The number of nitrogens with one attached hydrogen (secondary N) is 2. The molecular weight excluding hydrogens is 529 g/mol. The number of ether oxygens (including phenoxy) is 3. The van der Waals surface area contributed by atoms with Crippen LogP contribution in [-0.2, 0) is 27.8 Å². The highest BCUT2D eigenvalue weighted by atomic mass is 127. The second-order valence-corrected chi connectivity index (χ2v) is 8.57. The molecular formula is C20H38IN7O4. The van der Waals surface area contributed by atoms with Crippen LogP contribution >= 0.6 is 24.0 Å². The zero-order valence-electron chi connectivity index (χ0n) is 20.2. The highest BCUT2D eigenvalue weighted by molar-refractivity contribution is 14.0. The van der Waals surface area contributed by atoms with E-state index in [-0.39, 0.29) is 42.2 Å².